The topological polar surface area (TPSA) is 61.8 Å². The second-order valence-corrected chi connectivity index (χ2v) is 6.02. The molecular weight excluding hydrogens is 287 g/mol. The maximum absolute atomic E-state index is 13.4. The summed E-state index contributed by atoms with van der Waals surface area (Å²) in [5.41, 5.74) is 0.298. The van der Waals surface area contributed by atoms with Crippen molar-refractivity contribution in [2.75, 3.05) is 18.4 Å². The molecule has 0 aliphatic carbocycles. The molecule has 6 heteroatoms. The number of benzene rings is 1. The Morgan fingerprint density at radius 2 is 2.23 bits per heavy atom. The predicted molar refractivity (Wildman–Crippen MR) is 82.5 cm³/mol. The highest BCUT2D eigenvalue weighted by molar-refractivity contribution is 5.91. The first-order valence-corrected chi connectivity index (χ1v) is 7.57. The van der Waals surface area contributed by atoms with E-state index in [-0.39, 0.29) is 24.6 Å². The molecule has 2 amide bonds. The van der Waals surface area contributed by atoms with Gasteiger partial charge in [0.25, 0.3) is 0 Å². The maximum atomic E-state index is 13.4. The van der Waals surface area contributed by atoms with Gasteiger partial charge in [0, 0.05) is 19.2 Å². The highest BCUT2D eigenvalue weighted by atomic mass is 19.1. The van der Waals surface area contributed by atoms with Gasteiger partial charge in [-0.1, -0.05) is 6.92 Å². The summed E-state index contributed by atoms with van der Waals surface area (Å²) in [5.74, 6) is 0.160. The highest BCUT2D eigenvalue weighted by Gasteiger charge is 2.27. The monoisotopic (exact) mass is 310 g/mol. The maximum Gasteiger partial charge on any atom is 0.322 e. The summed E-state index contributed by atoms with van der Waals surface area (Å²) >= 11 is 0. The molecule has 2 N–H and O–H groups in total. The fourth-order valence-corrected chi connectivity index (χ4v) is 2.38. The molecule has 0 saturated carbocycles. The average molecular weight is 310 g/mol. The number of hydrogen-bond donors (Lipinski definition) is 2. The third-order valence-corrected chi connectivity index (χ3v) is 3.75. The Labute approximate surface area is 130 Å². The number of amides is 2. The van der Waals surface area contributed by atoms with Gasteiger partial charge in [-0.2, -0.15) is 0 Å². The van der Waals surface area contributed by atoms with Crippen molar-refractivity contribution in [2.24, 2.45) is 5.92 Å². The van der Waals surface area contributed by atoms with Gasteiger partial charge in [0.2, 0.25) is 0 Å². The van der Waals surface area contributed by atoms with Gasteiger partial charge in [0.15, 0.2) is 0 Å². The molecule has 5 nitrogen and oxygen atoms in total. The molecule has 1 fully saturated rings. The number of likely N-dealkylation sites (tertiary alicyclic amines) is 1. The molecule has 1 aromatic rings. The van der Waals surface area contributed by atoms with Crippen LogP contribution in [0.4, 0.5) is 14.9 Å². The van der Waals surface area contributed by atoms with Crippen molar-refractivity contribution >= 4 is 11.7 Å². The molecule has 1 saturated heterocycles. The smallest absolute Gasteiger partial charge is 0.322 e. The number of halogens is 1. The Kier molecular flexibility index (Phi) is 5.24. The normalized spacial score (nSPS) is 21.8. The number of β-amino-alcohol motifs (C(OH)–C–C–N with tert-alkyl or cyclic N) is 1. The van der Waals surface area contributed by atoms with Gasteiger partial charge in [-0.3, -0.25) is 0 Å². The molecule has 2 unspecified atom stereocenters. The van der Waals surface area contributed by atoms with E-state index in [1.54, 1.807) is 0 Å². The first kappa shape index (κ1) is 16.5. The van der Waals surface area contributed by atoms with Gasteiger partial charge in [-0.05, 0) is 38.3 Å². The number of hydrogen-bond acceptors (Lipinski definition) is 3. The van der Waals surface area contributed by atoms with Crippen molar-refractivity contribution in [3.05, 3.63) is 24.0 Å². The number of nitrogens with one attached hydrogen (secondary N) is 1. The van der Waals surface area contributed by atoms with Crippen LogP contribution >= 0.6 is 0 Å². The van der Waals surface area contributed by atoms with Gasteiger partial charge < -0.3 is 20.1 Å². The molecule has 1 aliphatic rings. The number of aliphatic hydroxyl groups is 1. The van der Waals surface area contributed by atoms with Gasteiger partial charge in [-0.25, -0.2) is 9.18 Å². The van der Waals surface area contributed by atoms with Crippen molar-refractivity contribution in [1.29, 1.82) is 0 Å². The third kappa shape index (κ3) is 4.10. The van der Waals surface area contributed by atoms with E-state index in [4.69, 9.17) is 4.74 Å². The molecule has 1 heterocycles. The lowest BCUT2D eigenvalue weighted by atomic mass is 9.96. The summed E-state index contributed by atoms with van der Waals surface area (Å²) in [4.78, 5) is 13.8. The Morgan fingerprint density at radius 1 is 1.50 bits per heavy atom. The number of carbonyl (C=O) groups excluding carboxylic acids is 1. The summed E-state index contributed by atoms with van der Waals surface area (Å²) in [5, 5.41) is 12.5. The van der Waals surface area contributed by atoms with Gasteiger partial charge in [0.05, 0.1) is 17.9 Å². The highest BCUT2D eigenvalue weighted by Crippen LogP contribution is 2.27. The van der Waals surface area contributed by atoms with E-state index in [9.17, 15) is 14.3 Å². The fraction of sp³-hybridized carbons (Fsp3) is 0.562. The number of carbonyl (C=O) groups is 1. The zero-order chi connectivity index (χ0) is 16.3. The first-order valence-electron chi connectivity index (χ1n) is 7.57. The number of rotatable bonds is 3. The van der Waals surface area contributed by atoms with E-state index >= 15 is 0 Å². The lowest BCUT2D eigenvalue weighted by Crippen LogP contribution is -2.47. The largest absolute Gasteiger partial charge is 0.489 e. The van der Waals surface area contributed by atoms with Crippen LogP contribution < -0.4 is 10.1 Å². The molecule has 2 atom stereocenters. The zero-order valence-corrected chi connectivity index (χ0v) is 13.2. The van der Waals surface area contributed by atoms with Crippen LogP contribution in [0.25, 0.3) is 0 Å². The summed E-state index contributed by atoms with van der Waals surface area (Å²) < 4.78 is 19.0. The van der Waals surface area contributed by atoms with E-state index in [1.165, 1.54) is 23.1 Å². The van der Waals surface area contributed by atoms with Crippen molar-refractivity contribution < 1.29 is 19.0 Å². The Morgan fingerprint density at radius 3 is 2.86 bits per heavy atom. The molecule has 1 aliphatic heterocycles. The minimum absolute atomic E-state index is 0.0845. The molecule has 122 valence electrons. The van der Waals surface area contributed by atoms with Gasteiger partial charge in [-0.15, -0.1) is 0 Å². The minimum Gasteiger partial charge on any atom is -0.489 e. The van der Waals surface area contributed by atoms with E-state index < -0.39 is 11.9 Å². The average Bonchev–Trinajstić information content (AvgIpc) is 2.44. The van der Waals surface area contributed by atoms with E-state index in [1.807, 2.05) is 20.8 Å². The van der Waals surface area contributed by atoms with Crippen LogP contribution in [0.5, 0.6) is 5.75 Å². The molecule has 2 rings (SSSR count). The van der Waals surface area contributed by atoms with Crippen LogP contribution in [0.15, 0.2) is 18.2 Å². The van der Waals surface area contributed by atoms with Crippen LogP contribution in [0.2, 0.25) is 0 Å². The number of aliphatic hydroxyl groups excluding tert-OH is 1. The van der Waals surface area contributed by atoms with Crippen LogP contribution in [-0.4, -0.2) is 41.3 Å². The third-order valence-electron chi connectivity index (χ3n) is 3.75. The second kappa shape index (κ2) is 6.96. The molecule has 0 bridgehead atoms. The lowest BCUT2D eigenvalue weighted by Gasteiger charge is -2.34. The molecular formula is C16H23FN2O3. The van der Waals surface area contributed by atoms with Crippen molar-refractivity contribution in [1.82, 2.24) is 4.90 Å². The summed E-state index contributed by atoms with van der Waals surface area (Å²) in [6, 6.07) is 3.67. The fourth-order valence-electron chi connectivity index (χ4n) is 2.38. The quantitative estimate of drug-likeness (QED) is 0.902. The number of ether oxygens (including phenoxy) is 1. The molecule has 0 radical (unpaired) electrons. The predicted octanol–water partition coefficient (Wildman–Crippen LogP) is 2.85. The van der Waals surface area contributed by atoms with Crippen molar-refractivity contribution in [3.8, 4) is 5.75 Å². The standard InChI is InChI=1S/C16H23FN2O3/c1-10(2)22-15-5-4-12(17)8-13(15)18-16(21)19-7-6-11(3)14(20)9-19/h4-5,8,10-11,14,20H,6-7,9H2,1-3H3,(H,18,21). The lowest BCUT2D eigenvalue weighted by molar-refractivity contribution is 0.0463. The Bertz CT molecular complexity index is 536. The van der Waals surface area contributed by atoms with Crippen LogP contribution in [0.3, 0.4) is 0 Å². The Hall–Kier alpha value is -1.82. The Balaban J connectivity index is 2.09. The van der Waals surface area contributed by atoms with Crippen LogP contribution in [0, 0.1) is 11.7 Å². The van der Waals surface area contributed by atoms with Gasteiger partial charge in [0.1, 0.15) is 11.6 Å². The molecule has 22 heavy (non-hydrogen) atoms. The number of nitrogens with zero attached hydrogens (tertiary/aromatic N) is 1. The molecule has 0 aromatic heterocycles. The summed E-state index contributed by atoms with van der Waals surface area (Å²) in [6.07, 6.45) is 0.129. The van der Waals surface area contributed by atoms with Crippen LogP contribution in [-0.2, 0) is 0 Å². The van der Waals surface area contributed by atoms with Crippen molar-refractivity contribution in [2.45, 2.75) is 39.4 Å². The molecule has 1 aromatic carbocycles. The number of piperidine rings is 1. The molecule has 0 spiro atoms. The summed E-state index contributed by atoms with van der Waals surface area (Å²) in [6.45, 7) is 6.53. The van der Waals surface area contributed by atoms with E-state index in [0.29, 0.717) is 18.0 Å². The number of anilines is 1. The minimum atomic E-state index is -0.529. The van der Waals surface area contributed by atoms with E-state index in [2.05, 4.69) is 5.32 Å². The number of urea groups is 1. The summed E-state index contributed by atoms with van der Waals surface area (Å²) in [7, 11) is 0. The van der Waals surface area contributed by atoms with Crippen molar-refractivity contribution in [3.63, 3.8) is 0 Å². The van der Waals surface area contributed by atoms with Gasteiger partial charge >= 0.3 is 6.03 Å². The zero-order valence-electron chi connectivity index (χ0n) is 13.2. The van der Waals surface area contributed by atoms with E-state index in [0.717, 1.165) is 6.42 Å². The van der Waals surface area contributed by atoms with Crippen LogP contribution in [0.1, 0.15) is 27.2 Å². The second-order valence-electron chi connectivity index (χ2n) is 6.02. The SMILES string of the molecule is CC(C)Oc1ccc(F)cc1NC(=O)N1CCC(C)C(O)C1. The first-order chi connectivity index (χ1) is 10.4.